The van der Waals surface area contributed by atoms with Crippen LogP contribution in [0.25, 0.3) is 0 Å². The van der Waals surface area contributed by atoms with E-state index in [4.69, 9.17) is 16.3 Å². The second-order valence-electron chi connectivity index (χ2n) is 3.48. The molecule has 5 heteroatoms. The molecule has 0 N–H and O–H groups in total. The standard InChI is InChI=1S/C13H7BrClFO2/c14-9-1-3-13(11(16)6-9)18-12-4-2-10(15)5-8(12)7-17/h1-7H. The number of aldehydes is 1. The lowest BCUT2D eigenvalue weighted by Gasteiger charge is -2.09. The van der Waals surface area contributed by atoms with Crippen LogP contribution in [0.5, 0.6) is 11.5 Å². The molecule has 0 aliphatic rings. The smallest absolute Gasteiger partial charge is 0.166 e. The molecule has 0 amide bonds. The molecule has 0 aromatic heterocycles. The Morgan fingerprint density at radius 1 is 1.17 bits per heavy atom. The lowest BCUT2D eigenvalue weighted by molar-refractivity contribution is 0.112. The zero-order chi connectivity index (χ0) is 13.1. The van der Waals surface area contributed by atoms with Gasteiger partial charge >= 0.3 is 0 Å². The summed E-state index contributed by atoms with van der Waals surface area (Å²) >= 11 is 8.91. The minimum Gasteiger partial charge on any atom is -0.454 e. The second-order valence-corrected chi connectivity index (χ2v) is 4.83. The minimum absolute atomic E-state index is 0.0450. The molecular formula is C13H7BrClFO2. The van der Waals surface area contributed by atoms with Crippen molar-refractivity contribution in [2.24, 2.45) is 0 Å². The number of benzene rings is 2. The van der Waals surface area contributed by atoms with Gasteiger partial charge in [-0.1, -0.05) is 27.5 Å². The van der Waals surface area contributed by atoms with E-state index in [2.05, 4.69) is 15.9 Å². The first kappa shape index (κ1) is 13.1. The average molecular weight is 330 g/mol. The molecule has 0 saturated carbocycles. The van der Waals surface area contributed by atoms with Gasteiger partial charge in [-0.05, 0) is 36.4 Å². The van der Waals surface area contributed by atoms with Crippen LogP contribution in [0.1, 0.15) is 10.4 Å². The monoisotopic (exact) mass is 328 g/mol. The van der Waals surface area contributed by atoms with E-state index in [1.807, 2.05) is 0 Å². The van der Waals surface area contributed by atoms with Crippen molar-refractivity contribution >= 4 is 33.8 Å². The number of ether oxygens (including phenoxy) is 1. The molecule has 92 valence electrons. The number of hydrogen-bond acceptors (Lipinski definition) is 2. The third-order valence-corrected chi connectivity index (χ3v) is 2.94. The van der Waals surface area contributed by atoms with Crippen LogP contribution in [-0.4, -0.2) is 6.29 Å². The van der Waals surface area contributed by atoms with Crippen LogP contribution in [0.4, 0.5) is 4.39 Å². The Morgan fingerprint density at radius 2 is 1.89 bits per heavy atom. The molecule has 2 rings (SSSR count). The summed E-state index contributed by atoms with van der Waals surface area (Å²) in [6.07, 6.45) is 0.609. The molecule has 2 nitrogen and oxygen atoms in total. The van der Waals surface area contributed by atoms with Crippen molar-refractivity contribution in [2.75, 3.05) is 0 Å². The summed E-state index contributed by atoms with van der Waals surface area (Å²) in [6.45, 7) is 0. The Kier molecular flexibility index (Phi) is 3.99. The molecule has 0 bridgehead atoms. The van der Waals surface area contributed by atoms with Gasteiger partial charge in [-0.15, -0.1) is 0 Å². The van der Waals surface area contributed by atoms with Gasteiger partial charge in [0.1, 0.15) is 5.75 Å². The van der Waals surface area contributed by atoms with E-state index in [0.29, 0.717) is 15.8 Å². The maximum absolute atomic E-state index is 13.6. The summed E-state index contributed by atoms with van der Waals surface area (Å²) < 4.78 is 19.5. The zero-order valence-corrected chi connectivity index (χ0v) is 11.3. The Bertz CT molecular complexity index is 602. The predicted octanol–water partition coefficient (Wildman–Crippen LogP) is 4.85. The summed E-state index contributed by atoms with van der Waals surface area (Å²) in [4.78, 5) is 10.9. The van der Waals surface area contributed by atoms with E-state index in [1.165, 1.54) is 24.3 Å². The highest BCUT2D eigenvalue weighted by atomic mass is 79.9. The van der Waals surface area contributed by atoms with Crippen LogP contribution in [0.15, 0.2) is 40.9 Å². The van der Waals surface area contributed by atoms with Crippen molar-refractivity contribution in [2.45, 2.75) is 0 Å². The van der Waals surface area contributed by atoms with Gasteiger partial charge in [0.05, 0.1) is 5.56 Å². The molecule has 0 aliphatic carbocycles. The molecule has 0 radical (unpaired) electrons. The van der Waals surface area contributed by atoms with Crippen LogP contribution < -0.4 is 4.74 Å². The highest BCUT2D eigenvalue weighted by molar-refractivity contribution is 9.10. The van der Waals surface area contributed by atoms with Crippen molar-refractivity contribution in [3.63, 3.8) is 0 Å². The molecule has 2 aromatic carbocycles. The summed E-state index contributed by atoms with van der Waals surface area (Å²) in [5.41, 5.74) is 0.268. The number of hydrogen-bond donors (Lipinski definition) is 0. The molecular weight excluding hydrogens is 322 g/mol. The molecule has 18 heavy (non-hydrogen) atoms. The van der Waals surface area contributed by atoms with Crippen molar-refractivity contribution in [3.8, 4) is 11.5 Å². The first-order valence-corrected chi connectivity index (χ1v) is 6.15. The second kappa shape index (κ2) is 5.50. The predicted molar refractivity (Wildman–Crippen MR) is 71.0 cm³/mol. The highest BCUT2D eigenvalue weighted by Crippen LogP contribution is 2.29. The van der Waals surface area contributed by atoms with Gasteiger partial charge in [0.15, 0.2) is 17.9 Å². The fourth-order valence-corrected chi connectivity index (χ4v) is 1.89. The van der Waals surface area contributed by atoms with Crippen molar-refractivity contribution < 1.29 is 13.9 Å². The van der Waals surface area contributed by atoms with E-state index < -0.39 is 5.82 Å². The van der Waals surface area contributed by atoms with Crippen LogP contribution in [0.3, 0.4) is 0 Å². The van der Waals surface area contributed by atoms with Gasteiger partial charge in [-0.3, -0.25) is 4.79 Å². The normalized spacial score (nSPS) is 10.2. The summed E-state index contributed by atoms with van der Waals surface area (Å²) in [6, 6.07) is 8.96. The fraction of sp³-hybridized carbons (Fsp3) is 0. The highest BCUT2D eigenvalue weighted by Gasteiger charge is 2.09. The van der Waals surface area contributed by atoms with Gasteiger partial charge in [0.2, 0.25) is 0 Å². The van der Waals surface area contributed by atoms with Crippen LogP contribution in [0, 0.1) is 5.82 Å². The SMILES string of the molecule is O=Cc1cc(Cl)ccc1Oc1ccc(Br)cc1F. The molecule has 0 unspecified atom stereocenters. The van der Waals surface area contributed by atoms with Gasteiger partial charge < -0.3 is 4.74 Å². The quantitative estimate of drug-likeness (QED) is 0.753. The Labute approximate surface area is 116 Å². The molecule has 0 heterocycles. The third kappa shape index (κ3) is 2.89. The van der Waals surface area contributed by atoms with Gasteiger partial charge in [0.25, 0.3) is 0 Å². The topological polar surface area (TPSA) is 26.3 Å². The lowest BCUT2D eigenvalue weighted by atomic mass is 10.2. The van der Waals surface area contributed by atoms with Gasteiger partial charge in [-0.2, -0.15) is 0 Å². The van der Waals surface area contributed by atoms with E-state index in [1.54, 1.807) is 12.1 Å². The molecule has 0 aliphatic heterocycles. The van der Waals surface area contributed by atoms with Crippen LogP contribution in [-0.2, 0) is 0 Å². The van der Waals surface area contributed by atoms with Crippen LogP contribution in [0.2, 0.25) is 5.02 Å². The first-order valence-electron chi connectivity index (χ1n) is 4.98. The summed E-state index contributed by atoms with van der Waals surface area (Å²) in [5, 5.41) is 0.417. The largest absolute Gasteiger partial charge is 0.454 e. The zero-order valence-electron chi connectivity index (χ0n) is 8.99. The number of rotatable bonds is 3. The number of halogens is 3. The van der Waals surface area contributed by atoms with E-state index >= 15 is 0 Å². The molecule has 0 atom stereocenters. The summed E-state index contributed by atoms with van der Waals surface area (Å²) in [7, 11) is 0. The average Bonchev–Trinajstić information content (AvgIpc) is 2.34. The van der Waals surface area contributed by atoms with Gasteiger partial charge in [-0.25, -0.2) is 4.39 Å². The van der Waals surface area contributed by atoms with E-state index in [-0.39, 0.29) is 17.1 Å². The van der Waals surface area contributed by atoms with E-state index in [0.717, 1.165) is 0 Å². The van der Waals surface area contributed by atoms with Crippen molar-refractivity contribution in [1.82, 2.24) is 0 Å². The van der Waals surface area contributed by atoms with Crippen LogP contribution >= 0.6 is 27.5 Å². The lowest BCUT2D eigenvalue weighted by Crippen LogP contribution is -1.92. The Hall–Kier alpha value is -1.39. The first-order chi connectivity index (χ1) is 8.60. The summed E-state index contributed by atoms with van der Waals surface area (Å²) in [5.74, 6) is -0.213. The minimum atomic E-state index is -0.517. The maximum atomic E-state index is 13.6. The Morgan fingerprint density at radius 3 is 2.56 bits per heavy atom. The van der Waals surface area contributed by atoms with Gasteiger partial charge in [0, 0.05) is 9.50 Å². The van der Waals surface area contributed by atoms with Crippen molar-refractivity contribution in [3.05, 3.63) is 57.3 Å². The van der Waals surface area contributed by atoms with E-state index in [9.17, 15) is 9.18 Å². The molecule has 0 saturated heterocycles. The maximum Gasteiger partial charge on any atom is 0.166 e. The number of carbonyl (C=O) groups excluding carboxylic acids is 1. The third-order valence-electron chi connectivity index (χ3n) is 2.21. The molecule has 0 spiro atoms. The molecule has 2 aromatic rings. The fourth-order valence-electron chi connectivity index (χ4n) is 1.38. The Balaban J connectivity index is 2.36. The molecule has 0 fully saturated rings. The van der Waals surface area contributed by atoms with Crippen molar-refractivity contribution in [1.29, 1.82) is 0 Å². The number of carbonyl (C=O) groups is 1.